The Morgan fingerprint density at radius 1 is 1.11 bits per heavy atom. The van der Waals surface area contributed by atoms with Crippen molar-refractivity contribution >= 4 is 5.97 Å². The van der Waals surface area contributed by atoms with Crippen molar-refractivity contribution in [2.75, 3.05) is 0 Å². The number of rotatable bonds is 2. The lowest BCUT2D eigenvalue weighted by Crippen LogP contribution is -2.13. The number of aromatic nitrogens is 1. The van der Waals surface area contributed by atoms with Gasteiger partial charge < -0.3 is 9.67 Å². The summed E-state index contributed by atoms with van der Waals surface area (Å²) in [6.45, 7) is 0. The van der Waals surface area contributed by atoms with E-state index >= 15 is 0 Å². The number of hydrogen-bond donors (Lipinski definition) is 1. The number of halogens is 3. The van der Waals surface area contributed by atoms with Crippen LogP contribution in [-0.2, 0) is 6.18 Å². The van der Waals surface area contributed by atoms with Crippen LogP contribution in [0, 0.1) is 0 Å². The molecule has 0 saturated carbocycles. The third-order valence-electron chi connectivity index (χ3n) is 2.44. The molecule has 0 amide bonds. The standard InChI is InChI=1S/C12H8F3NO2/c13-12(14,15)8-4-1-2-5-9(8)16-7-3-6-10(16)11(17)18/h1-7H,(H,17,18). The number of benzene rings is 1. The van der Waals surface area contributed by atoms with E-state index in [0.717, 1.165) is 10.6 Å². The topological polar surface area (TPSA) is 42.2 Å². The molecular weight excluding hydrogens is 247 g/mol. The highest BCUT2D eigenvalue weighted by Crippen LogP contribution is 2.34. The summed E-state index contributed by atoms with van der Waals surface area (Å²) in [6, 6.07) is 7.47. The number of carbonyl (C=O) groups is 1. The fourth-order valence-corrected chi connectivity index (χ4v) is 1.69. The summed E-state index contributed by atoms with van der Waals surface area (Å²) in [4.78, 5) is 10.9. The molecule has 0 bridgehead atoms. The number of hydrogen-bond acceptors (Lipinski definition) is 1. The lowest BCUT2D eigenvalue weighted by molar-refractivity contribution is -0.137. The van der Waals surface area contributed by atoms with E-state index in [1.54, 1.807) is 0 Å². The van der Waals surface area contributed by atoms with Crippen LogP contribution >= 0.6 is 0 Å². The normalized spacial score (nSPS) is 11.5. The predicted octanol–water partition coefficient (Wildman–Crippen LogP) is 3.19. The summed E-state index contributed by atoms with van der Waals surface area (Å²) >= 11 is 0. The average Bonchev–Trinajstić information content (AvgIpc) is 2.76. The Hall–Kier alpha value is -2.24. The number of alkyl halides is 3. The molecule has 0 aliphatic heterocycles. The highest BCUT2D eigenvalue weighted by Gasteiger charge is 2.34. The summed E-state index contributed by atoms with van der Waals surface area (Å²) in [5.74, 6) is -1.28. The van der Waals surface area contributed by atoms with Crippen LogP contribution < -0.4 is 0 Å². The van der Waals surface area contributed by atoms with E-state index < -0.39 is 17.7 Å². The van der Waals surface area contributed by atoms with Crippen LogP contribution in [0.3, 0.4) is 0 Å². The zero-order valence-corrected chi connectivity index (χ0v) is 8.98. The second-order valence-corrected chi connectivity index (χ2v) is 3.58. The molecule has 0 aliphatic carbocycles. The number of carboxylic acids is 1. The van der Waals surface area contributed by atoms with Crippen LogP contribution in [0.15, 0.2) is 42.6 Å². The lowest BCUT2D eigenvalue weighted by Gasteiger charge is -2.14. The van der Waals surface area contributed by atoms with Gasteiger partial charge in [-0.15, -0.1) is 0 Å². The maximum absolute atomic E-state index is 12.8. The SMILES string of the molecule is O=C(O)c1cccn1-c1ccccc1C(F)(F)F. The summed E-state index contributed by atoms with van der Waals surface area (Å²) < 4.78 is 39.4. The molecule has 3 nitrogen and oxygen atoms in total. The number of carboxylic acid groups (broad SMARTS) is 1. The van der Waals surface area contributed by atoms with Gasteiger partial charge in [-0.1, -0.05) is 12.1 Å². The summed E-state index contributed by atoms with van der Waals surface area (Å²) in [5, 5.41) is 8.91. The van der Waals surface area contributed by atoms with Gasteiger partial charge in [-0.3, -0.25) is 0 Å². The van der Waals surface area contributed by atoms with Crippen LogP contribution in [0.2, 0.25) is 0 Å². The smallest absolute Gasteiger partial charge is 0.418 e. The Balaban J connectivity index is 2.65. The first-order valence-corrected chi connectivity index (χ1v) is 4.98. The quantitative estimate of drug-likeness (QED) is 0.895. The van der Waals surface area contributed by atoms with Gasteiger partial charge in [0.05, 0.1) is 11.3 Å². The molecule has 0 spiro atoms. The van der Waals surface area contributed by atoms with Crippen molar-refractivity contribution in [2.45, 2.75) is 6.18 Å². The molecule has 2 aromatic rings. The molecule has 0 radical (unpaired) electrons. The fraction of sp³-hybridized carbons (Fsp3) is 0.0833. The Labute approximate surface area is 100 Å². The minimum absolute atomic E-state index is 0.201. The molecule has 0 aliphatic rings. The first-order valence-electron chi connectivity index (χ1n) is 4.98. The second kappa shape index (κ2) is 4.21. The van der Waals surface area contributed by atoms with Crippen LogP contribution in [0.25, 0.3) is 5.69 Å². The molecule has 18 heavy (non-hydrogen) atoms. The third-order valence-corrected chi connectivity index (χ3v) is 2.44. The minimum Gasteiger partial charge on any atom is -0.477 e. The molecule has 1 N–H and O–H groups in total. The Morgan fingerprint density at radius 3 is 2.39 bits per heavy atom. The van der Waals surface area contributed by atoms with E-state index in [4.69, 9.17) is 5.11 Å². The minimum atomic E-state index is -4.53. The molecule has 0 saturated heterocycles. The fourth-order valence-electron chi connectivity index (χ4n) is 1.69. The van der Waals surface area contributed by atoms with Crippen LogP contribution in [0.1, 0.15) is 16.1 Å². The molecule has 1 aromatic heterocycles. The lowest BCUT2D eigenvalue weighted by atomic mass is 10.1. The first-order chi connectivity index (χ1) is 8.41. The largest absolute Gasteiger partial charge is 0.477 e. The van der Waals surface area contributed by atoms with Gasteiger partial charge in [-0.25, -0.2) is 4.79 Å². The predicted molar refractivity (Wildman–Crippen MR) is 57.7 cm³/mol. The molecule has 6 heteroatoms. The average molecular weight is 255 g/mol. The van der Waals surface area contributed by atoms with Crippen molar-refractivity contribution in [3.05, 3.63) is 53.9 Å². The molecule has 1 aromatic carbocycles. The highest BCUT2D eigenvalue weighted by molar-refractivity contribution is 5.86. The van der Waals surface area contributed by atoms with Crippen molar-refractivity contribution in [1.29, 1.82) is 0 Å². The van der Waals surface area contributed by atoms with Gasteiger partial charge in [0.15, 0.2) is 0 Å². The van der Waals surface area contributed by atoms with Crippen LogP contribution in [0.5, 0.6) is 0 Å². The monoisotopic (exact) mass is 255 g/mol. The maximum Gasteiger partial charge on any atom is 0.418 e. The molecule has 0 unspecified atom stereocenters. The van der Waals surface area contributed by atoms with Gasteiger partial charge in [-0.2, -0.15) is 13.2 Å². The molecule has 1 heterocycles. The van der Waals surface area contributed by atoms with Gasteiger partial charge in [0.25, 0.3) is 0 Å². The van der Waals surface area contributed by atoms with Crippen molar-refractivity contribution in [1.82, 2.24) is 4.57 Å². The van der Waals surface area contributed by atoms with Gasteiger partial charge in [0, 0.05) is 6.20 Å². The summed E-state index contributed by atoms with van der Waals surface area (Å²) in [6.07, 6.45) is -3.25. The van der Waals surface area contributed by atoms with E-state index in [2.05, 4.69) is 0 Å². The summed E-state index contributed by atoms with van der Waals surface area (Å²) in [5.41, 5.74) is -1.29. The first kappa shape index (κ1) is 12.2. The highest BCUT2D eigenvalue weighted by atomic mass is 19.4. The number of nitrogens with zero attached hydrogens (tertiary/aromatic N) is 1. The van der Waals surface area contributed by atoms with E-state index in [-0.39, 0.29) is 11.4 Å². The Bertz CT molecular complexity index is 587. The van der Waals surface area contributed by atoms with Crippen molar-refractivity contribution in [2.24, 2.45) is 0 Å². The molecule has 0 atom stereocenters. The zero-order chi connectivity index (χ0) is 13.3. The van der Waals surface area contributed by atoms with Gasteiger partial charge in [0.1, 0.15) is 5.69 Å². The molecule has 2 rings (SSSR count). The van der Waals surface area contributed by atoms with Crippen molar-refractivity contribution < 1.29 is 23.1 Å². The van der Waals surface area contributed by atoms with Crippen molar-refractivity contribution in [3.63, 3.8) is 0 Å². The molecule has 94 valence electrons. The Kier molecular flexibility index (Phi) is 2.86. The van der Waals surface area contributed by atoms with Crippen molar-refractivity contribution in [3.8, 4) is 5.69 Å². The second-order valence-electron chi connectivity index (χ2n) is 3.58. The zero-order valence-electron chi connectivity index (χ0n) is 8.98. The van der Waals surface area contributed by atoms with E-state index in [0.29, 0.717) is 0 Å². The van der Waals surface area contributed by atoms with Gasteiger partial charge in [-0.05, 0) is 24.3 Å². The number of aromatic carboxylic acids is 1. The van der Waals surface area contributed by atoms with Crippen LogP contribution in [0.4, 0.5) is 13.2 Å². The van der Waals surface area contributed by atoms with E-state index in [1.807, 2.05) is 0 Å². The summed E-state index contributed by atoms with van der Waals surface area (Å²) in [7, 11) is 0. The third kappa shape index (κ3) is 2.09. The number of para-hydroxylation sites is 1. The van der Waals surface area contributed by atoms with E-state index in [1.165, 1.54) is 36.5 Å². The van der Waals surface area contributed by atoms with Gasteiger partial charge >= 0.3 is 12.1 Å². The Morgan fingerprint density at radius 2 is 1.78 bits per heavy atom. The van der Waals surface area contributed by atoms with E-state index in [9.17, 15) is 18.0 Å². The molecular formula is C12H8F3NO2. The molecule has 0 fully saturated rings. The van der Waals surface area contributed by atoms with Gasteiger partial charge in [0.2, 0.25) is 0 Å². The maximum atomic E-state index is 12.8. The van der Waals surface area contributed by atoms with Crippen LogP contribution in [-0.4, -0.2) is 15.6 Å².